The zero-order valence-corrected chi connectivity index (χ0v) is 10.9. The van der Waals surface area contributed by atoms with Crippen LogP contribution in [0.2, 0.25) is 0 Å². The van der Waals surface area contributed by atoms with Crippen LogP contribution in [0, 0.1) is 0 Å². The van der Waals surface area contributed by atoms with Crippen molar-refractivity contribution in [3.8, 4) is 5.75 Å². The lowest BCUT2D eigenvalue weighted by molar-refractivity contribution is -0.104. The Balaban J connectivity index is 2.30. The second-order valence-corrected chi connectivity index (χ2v) is 4.22. The summed E-state index contributed by atoms with van der Waals surface area (Å²) in [5, 5.41) is 0. The highest BCUT2D eigenvalue weighted by Gasteiger charge is 2.04. The summed E-state index contributed by atoms with van der Waals surface area (Å²) in [5.41, 5.74) is 3.17. The number of rotatable bonds is 5. The number of ether oxygens (including phenoxy) is 1. The average molecular weight is 252 g/mol. The van der Waals surface area contributed by atoms with Crippen LogP contribution in [0.1, 0.15) is 11.1 Å². The van der Waals surface area contributed by atoms with E-state index < -0.39 is 0 Å². The van der Waals surface area contributed by atoms with Gasteiger partial charge in [0.15, 0.2) is 0 Å². The molecule has 2 heteroatoms. The van der Waals surface area contributed by atoms with Crippen molar-refractivity contribution in [1.29, 1.82) is 0 Å². The highest BCUT2D eigenvalue weighted by atomic mass is 16.5. The molecule has 19 heavy (non-hydrogen) atoms. The van der Waals surface area contributed by atoms with E-state index in [1.54, 1.807) is 13.2 Å². The van der Waals surface area contributed by atoms with Crippen LogP contribution in [-0.2, 0) is 11.2 Å². The van der Waals surface area contributed by atoms with E-state index in [1.165, 1.54) is 5.56 Å². The maximum Gasteiger partial charge on any atom is 0.143 e. The molecule has 0 N–H and O–H groups in total. The lowest BCUT2D eigenvalue weighted by Crippen LogP contribution is -1.93. The van der Waals surface area contributed by atoms with Gasteiger partial charge in [-0.25, -0.2) is 0 Å². The molecule has 96 valence electrons. The fraction of sp³-hybridized carbons (Fsp3) is 0.118. The Bertz CT molecular complexity index is 571. The number of methoxy groups -OCH3 is 1. The van der Waals surface area contributed by atoms with Gasteiger partial charge in [-0.2, -0.15) is 0 Å². The van der Waals surface area contributed by atoms with Gasteiger partial charge in [-0.1, -0.05) is 42.5 Å². The summed E-state index contributed by atoms with van der Waals surface area (Å²) in [6, 6.07) is 17.8. The number of aldehydes is 1. The minimum Gasteiger partial charge on any atom is -0.497 e. The lowest BCUT2D eigenvalue weighted by Gasteiger charge is -2.09. The van der Waals surface area contributed by atoms with Crippen molar-refractivity contribution in [1.82, 2.24) is 0 Å². The fourth-order valence-electron chi connectivity index (χ4n) is 1.98. The van der Waals surface area contributed by atoms with Crippen molar-refractivity contribution in [2.24, 2.45) is 0 Å². The van der Waals surface area contributed by atoms with Crippen molar-refractivity contribution < 1.29 is 9.53 Å². The summed E-state index contributed by atoms with van der Waals surface area (Å²) in [6.45, 7) is 0. The van der Waals surface area contributed by atoms with E-state index in [0.717, 1.165) is 29.6 Å². The molecule has 0 atom stereocenters. The van der Waals surface area contributed by atoms with E-state index >= 15 is 0 Å². The lowest BCUT2D eigenvalue weighted by atomic mass is 9.98. The third kappa shape index (κ3) is 3.55. The van der Waals surface area contributed by atoms with Gasteiger partial charge < -0.3 is 4.74 Å². The molecular weight excluding hydrogens is 236 g/mol. The molecule has 0 radical (unpaired) electrons. The summed E-state index contributed by atoms with van der Waals surface area (Å²) in [5.74, 6) is 0.794. The molecule has 2 aromatic carbocycles. The van der Waals surface area contributed by atoms with Gasteiger partial charge in [-0.3, -0.25) is 4.79 Å². The normalized spacial score (nSPS) is 11.1. The third-order valence-corrected chi connectivity index (χ3v) is 2.95. The number of allylic oxidation sites excluding steroid dienone is 2. The second kappa shape index (κ2) is 6.55. The number of hydrogen-bond donors (Lipinski definition) is 0. The summed E-state index contributed by atoms with van der Waals surface area (Å²) in [6.07, 6.45) is 3.17. The summed E-state index contributed by atoms with van der Waals surface area (Å²) in [7, 11) is 1.64. The number of benzene rings is 2. The van der Waals surface area contributed by atoms with Gasteiger partial charge in [0.25, 0.3) is 0 Å². The molecule has 2 nitrogen and oxygen atoms in total. The number of hydrogen-bond acceptors (Lipinski definition) is 2. The Hall–Kier alpha value is -2.35. The Morgan fingerprint density at radius 1 is 1.11 bits per heavy atom. The van der Waals surface area contributed by atoms with Crippen LogP contribution >= 0.6 is 0 Å². The van der Waals surface area contributed by atoms with E-state index in [1.807, 2.05) is 42.5 Å². The maximum absolute atomic E-state index is 10.8. The predicted molar refractivity (Wildman–Crippen MR) is 77.2 cm³/mol. The molecule has 0 amide bonds. The first-order valence-corrected chi connectivity index (χ1v) is 6.16. The van der Waals surface area contributed by atoms with Crippen LogP contribution in [0.25, 0.3) is 5.57 Å². The van der Waals surface area contributed by atoms with Crippen LogP contribution in [0.3, 0.4) is 0 Å². The Morgan fingerprint density at radius 2 is 1.89 bits per heavy atom. The van der Waals surface area contributed by atoms with Crippen molar-refractivity contribution in [2.75, 3.05) is 7.11 Å². The molecule has 0 aliphatic heterocycles. The van der Waals surface area contributed by atoms with Crippen molar-refractivity contribution in [3.63, 3.8) is 0 Å². The Kier molecular flexibility index (Phi) is 4.51. The molecular formula is C17H16O2. The second-order valence-electron chi connectivity index (χ2n) is 4.22. The summed E-state index contributed by atoms with van der Waals surface area (Å²) >= 11 is 0. The van der Waals surface area contributed by atoms with Gasteiger partial charge in [0.2, 0.25) is 0 Å². The van der Waals surface area contributed by atoms with Crippen molar-refractivity contribution in [2.45, 2.75) is 6.42 Å². The van der Waals surface area contributed by atoms with E-state index in [-0.39, 0.29) is 0 Å². The number of carbonyl (C=O) groups excluding carboxylic acids is 1. The molecule has 0 aromatic heterocycles. The van der Waals surface area contributed by atoms with Gasteiger partial charge in [0.1, 0.15) is 12.0 Å². The van der Waals surface area contributed by atoms with E-state index in [4.69, 9.17) is 4.74 Å². The molecule has 2 aromatic rings. The quantitative estimate of drug-likeness (QED) is 0.601. The zero-order chi connectivity index (χ0) is 13.5. The van der Waals surface area contributed by atoms with Gasteiger partial charge in [-0.15, -0.1) is 0 Å². The van der Waals surface area contributed by atoms with E-state index in [0.29, 0.717) is 0 Å². The van der Waals surface area contributed by atoms with Gasteiger partial charge in [-0.05, 0) is 41.3 Å². The molecule has 0 saturated carbocycles. The van der Waals surface area contributed by atoms with E-state index in [9.17, 15) is 4.79 Å². The zero-order valence-electron chi connectivity index (χ0n) is 10.9. The Morgan fingerprint density at radius 3 is 2.58 bits per heavy atom. The maximum atomic E-state index is 10.8. The molecule has 0 aliphatic rings. The first kappa shape index (κ1) is 13.1. The largest absolute Gasteiger partial charge is 0.497 e. The third-order valence-electron chi connectivity index (χ3n) is 2.95. The van der Waals surface area contributed by atoms with Gasteiger partial charge in [0.05, 0.1) is 7.11 Å². The highest BCUT2D eigenvalue weighted by Crippen LogP contribution is 2.23. The SMILES string of the molecule is COc1cccc(/C(=C/C=O)Cc2ccccc2)c1. The molecule has 2 rings (SSSR count). The van der Waals surface area contributed by atoms with Gasteiger partial charge in [0, 0.05) is 0 Å². The smallest absolute Gasteiger partial charge is 0.143 e. The minimum atomic E-state index is 0.729. The molecule has 0 spiro atoms. The molecule has 0 unspecified atom stereocenters. The van der Waals surface area contributed by atoms with Crippen molar-refractivity contribution in [3.05, 3.63) is 71.8 Å². The van der Waals surface area contributed by atoms with E-state index in [2.05, 4.69) is 12.1 Å². The average Bonchev–Trinajstić information content (AvgIpc) is 2.48. The predicted octanol–water partition coefficient (Wildman–Crippen LogP) is 3.52. The standard InChI is InChI=1S/C17H16O2/c1-19-17-9-5-8-15(13-17)16(10-11-18)12-14-6-3-2-4-7-14/h2-11,13H,12H2,1H3/b16-10+. The van der Waals surface area contributed by atoms with Crippen molar-refractivity contribution >= 4 is 11.9 Å². The Labute approximate surface area is 113 Å². The van der Waals surface area contributed by atoms with Crippen LogP contribution in [0.15, 0.2) is 60.7 Å². The van der Waals surface area contributed by atoms with Gasteiger partial charge >= 0.3 is 0 Å². The minimum absolute atomic E-state index is 0.729. The van der Waals surface area contributed by atoms with Crippen LogP contribution in [-0.4, -0.2) is 13.4 Å². The topological polar surface area (TPSA) is 26.3 Å². The molecule has 0 fully saturated rings. The molecule has 0 saturated heterocycles. The van der Waals surface area contributed by atoms with Crippen LogP contribution < -0.4 is 4.74 Å². The highest BCUT2D eigenvalue weighted by molar-refractivity contribution is 5.82. The monoisotopic (exact) mass is 252 g/mol. The summed E-state index contributed by atoms with van der Waals surface area (Å²) in [4.78, 5) is 10.8. The molecule has 0 aliphatic carbocycles. The first-order chi connectivity index (χ1) is 9.33. The summed E-state index contributed by atoms with van der Waals surface area (Å²) < 4.78 is 5.22. The number of carbonyl (C=O) groups is 1. The van der Waals surface area contributed by atoms with Crippen LogP contribution in [0.5, 0.6) is 5.75 Å². The van der Waals surface area contributed by atoms with Crippen LogP contribution in [0.4, 0.5) is 0 Å². The molecule has 0 heterocycles. The fourth-order valence-corrected chi connectivity index (χ4v) is 1.98. The molecule has 0 bridgehead atoms. The first-order valence-electron chi connectivity index (χ1n) is 6.16.